The van der Waals surface area contributed by atoms with E-state index < -0.39 is 23.4 Å². The van der Waals surface area contributed by atoms with Gasteiger partial charge in [0.05, 0.1) is 12.6 Å². The summed E-state index contributed by atoms with van der Waals surface area (Å²) in [5.74, 6) is 0. The topological polar surface area (TPSA) is 89.2 Å². The first-order valence-electron chi connectivity index (χ1n) is 9.11. The summed E-state index contributed by atoms with van der Waals surface area (Å²) in [6, 6.07) is 7.23. The third-order valence-corrected chi connectivity index (χ3v) is 3.54. The summed E-state index contributed by atoms with van der Waals surface area (Å²) in [6.07, 6.45) is -0.437. The predicted molar refractivity (Wildman–Crippen MR) is 103 cm³/mol. The Labute approximate surface area is 160 Å². The van der Waals surface area contributed by atoms with Gasteiger partial charge in [-0.25, -0.2) is 9.59 Å². The number of hydrogen-bond donors (Lipinski definition) is 2. The molecule has 0 aliphatic carbocycles. The molecule has 2 amide bonds. The summed E-state index contributed by atoms with van der Waals surface area (Å²) < 4.78 is 16.0. The number of ether oxygens (including phenoxy) is 3. The van der Waals surface area contributed by atoms with Gasteiger partial charge in [0.25, 0.3) is 0 Å². The van der Waals surface area contributed by atoms with Crippen LogP contribution in [0.5, 0.6) is 0 Å². The zero-order chi connectivity index (χ0) is 20.2. The number of carbonyl (C=O) groups excluding carboxylic acids is 2. The molecule has 1 fully saturated rings. The summed E-state index contributed by atoms with van der Waals surface area (Å²) in [5, 5.41) is 5.60. The molecule has 27 heavy (non-hydrogen) atoms. The summed E-state index contributed by atoms with van der Waals surface area (Å²) >= 11 is 0. The molecule has 7 heteroatoms. The molecule has 0 radical (unpaired) electrons. The van der Waals surface area contributed by atoms with E-state index in [4.69, 9.17) is 14.2 Å². The maximum absolute atomic E-state index is 12.1. The highest BCUT2D eigenvalue weighted by Crippen LogP contribution is 2.21. The maximum Gasteiger partial charge on any atom is 0.412 e. The van der Waals surface area contributed by atoms with Gasteiger partial charge in [0.1, 0.15) is 17.3 Å². The van der Waals surface area contributed by atoms with Crippen LogP contribution in [0.4, 0.5) is 15.3 Å². The van der Waals surface area contributed by atoms with Crippen molar-refractivity contribution in [2.24, 2.45) is 0 Å². The van der Waals surface area contributed by atoms with E-state index in [1.807, 2.05) is 59.7 Å². The van der Waals surface area contributed by atoms with Crippen molar-refractivity contribution in [3.05, 3.63) is 29.8 Å². The normalized spacial score (nSPS) is 17.6. The third kappa shape index (κ3) is 8.30. The fraction of sp³-hybridized carbons (Fsp3) is 0.600. The fourth-order valence-corrected chi connectivity index (χ4v) is 2.47. The van der Waals surface area contributed by atoms with Gasteiger partial charge in [0.15, 0.2) is 0 Å². The van der Waals surface area contributed by atoms with Gasteiger partial charge < -0.3 is 19.5 Å². The van der Waals surface area contributed by atoms with E-state index in [9.17, 15) is 9.59 Å². The van der Waals surface area contributed by atoms with Crippen molar-refractivity contribution in [3.63, 3.8) is 0 Å². The Morgan fingerprint density at radius 2 is 1.70 bits per heavy atom. The van der Waals surface area contributed by atoms with Gasteiger partial charge in [-0.3, -0.25) is 5.32 Å². The molecule has 2 rings (SSSR count). The standard InChI is InChI=1S/C20H30N2O5/c1-19(2,3)26-17(23)21-14-9-7-8-13(10-14)11-15(16-12-25-16)22-18(24)27-20(4,5)6/h7-10,15-16H,11-12H2,1-6H3,(H,21,23)(H,22,24)/t15?,16-/m1/s1. The van der Waals surface area contributed by atoms with Crippen molar-refractivity contribution in [1.82, 2.24) is 5.32 Å². The van der Waals surface area contributed by atoms with E-state index in [0.717, 1.165) is 5.56 Å². The second kappa shape index (κ2) is 8.17. The van der Waals surface area contributed by atoms with Gasteiger partial charge in [0, 0.05) is 5.69 Å². The lowest BCUT2D eigenvalue weighted by atomic mass is 10.0. The van der Waals surface area contributed by atoms with Gasteiger partial charge in [-0.05, 0) is 65.7 Å². The average Bonchev–Trinajstić information content (AvgIpc) is 3.27. The maximum atomic E-state index is 12.1. The number of epoxide rings is 1. The monoisotopic (exact) mass is 378 g/mol. The van der Waals surface area contributed by atoms with Crippen molar-refractivity contribution in [3.8, 4) is 0 Å². The minimum absolute atomic E-state index is 0.0278. The fourth-order valence-electron chi connectivity index (χ4n) is 2.47. The lowest BCUT2D eigenvalue weighted by molar-refractivity contribution is 0.0494. The predicted octanol–water partition coefficient (Wildman–Crippen LogP) is 3.87. The molecule has 1 aromatic rings. The Balaban J connectivity index is 1.98. The zero-order valence-electron chi connectivity index (χ0n) is 16.9. The van der Waals surface area contributed by atoms with E-state index in [1.165, 1.54) is 0 Å². The highest BCUT2D eigenvalue weighted by molar-refractivity contribution is 5.84. The van der Waals surface area contributed by atoms with Crippen molar-refractivity contribution < 1.29 is 23.8 Å². The number of alkyl carbamates (subject to hydrolysis) is 1. The van der Waals surface area contributed by atoms with Gasteiger partial charge in [0.2, 0.25) is 0 Å². The minimum Gasteiger partial charge on any atom is -0.444 e. The first-order valence-corrected chi connectivity index (χ1v) is 9.11. The van der Waals surface area contributed by atoms with Crippen LogP contribution in [0.2, 0.25) is 0 Å². The average molecular weight is 378 g/mol. The molecule has 7 nitrogen and oxygen atoms in total. The highest BCUT2D eigenvalue weighted by Gasteiger charge is 2.35. The second-order valence-corrected chi connectivity index (χ2v) is 8.66. The Hall–Kier alpha value is -2.28. The number of amides is 2. The van der Waals surface area contributed by atoms with Crippen LogP contribution < -0.4 is 10.6 Å². The number of anilines is 1. The van der Waals surface area contributed by atoms with E-state index >= 15 is 0 Å². The molecule has 2 atom stereocenters. The third-order valence-electron chi connectivity index (χ3n) is 3.54. The number of benzene rings is 1. The van der Waals surface area contributed by atoms with Gasteiger partial charge >= 0.3 is 12.2 Å². The molecule has 0 saturated carbocycles. The lowest BCUT2D eigenvalue weighted by Gasteiger charge is -2.23. The van der Waals surface area contributed by atoms with Crippen molar-refractivity contribution >= 4 is 17.9 Å². The van der Waals surface area contributed by atoms with E-state index in [2.05, 4.69) is 10.6 Å². The van der Waals surface area contributed by atoms with Crippen LogP contribution in [0, 0.1) is 0 Å². The van der Waals surface area contributed by atoms with E-state index in [-0.39, 0.29) is 12.1 Å². The Morgan fingerprint density at radius 3 is 2.26 bits per heavy atom. The zero-order valence-corrected chi connectivity index (χ0v) is 16.9. The van der Waals surface area contributed by atoms with Gasteiger partial charge in [-0.2, -0.15) is 0 Å². The molecular formula is C20H30N2O5. The largest absolute Gasteiger partial charge is 0.444 e. The minimum atomic E-state index is -0.562. The van der Waals surface area contributed by atoms with E-state index in [0.29, 0.717) is 18.7 Å². The van der Waals surface area contributed by atoms with Crippen molar-refractivity contribution in [2.45, 2.75) is 71.3 Å². The highest BCUT2D eigenvalue weighted by atomic mass is 16.6. The molecule has 2 N–H and O–H groups in total. The van der Waals surface area contributed by atoms with Crippen LogP contribution in [-0.2, 0) is 20.6 Å². The Kier molecular flexibility index (Phi) is 6.36. The first-order chi connectivity index (χ1) is 12.4. The summed E-state index contributed by atoms with van der Waals surface area (Å²) in [7, 11) is 0. The molecular weight excluding hydrogens is 348 g/mol. The number of hydrogen-bond acceptors (Lipinski definition) is 5. The summed E-state index contributed by atoms with van der Waals surface area (Å²) in [4.78, 5) is 24.0. The van der Waals surface area contributed by atoms with Crippen LogP contribution in [-0.4, -0.2) is 42.1 Å². The molecule has 1 unspecified atom stereocenters. The lowest BCUT2D eigenvalue weighted by Crippen LogP contribution is -2.43. The van der Waals surface area contributed by atoms with Crippen LogP contribution in [0.1, 0.15) is 47.1 Å². The Bertz CT molecular complexity index is 672. The SMILES string of the molecule is CC(C)(C)OC(=O)Nc1cccc(CC(NC(=O)OC(C)(C)C)[C@H]2CO2)c1. The molecule has 150 valence electrons. The van der Waals surface area contributed by atoms with E-state index in [1.54, 1.807) is 6.07 Å². The number of carbonyl (C=O) groups is 2. The molecule has 0 spiro atoms. The molecule has 1 saturated heterocycles. The Morgan fingerprint density at radius 1 is 1.11 bits per heavy atom. The van der Waals surface area contributed by atoms with Crippen LogP contribution >= 0.6 is 0 Å². The van der Waals surface area contributed by atoms with Crippen LogP contribution in [0.15, 0.2) is 24.3 Å². The number of rotatable bonds is 5. The first kappa shape index (κ1) is 21.0. The number of nitrogens with one attached hydrogen (secondary N) is 2. The molecule has 1 aromatic carbocycles. The van der Waals surface area contributed by atoms with Crippen LogP contribution in [0.3, 0.4) is 0 Å². The van der Waals surface area contributed by atoms with Gasteiger partial charge in [-0.15, -0.1) is 0 Å². The summed E-state index contributed by atoms with van der Waals surface area (Å²) in [5.41, 5.74) is 0.471. The molecule has 0 bridgehead atoms. The quantitative estimate of drug-likeness (QED) is 0.759. The van der Waals surface area contributed by atoms with Crippen LogP contribution in [0.25, 0.3) is 0 Å². The smallest absolute Gasteiger partial charge is 0.412 e. The summed E-state index contributed by atoms with van der Waals surface area (Å²) in [6.45, 7) is 11.5. The van der Waals surface area contributed by atoms with Crippen molar-refractivity contribution in [1.29, 1.82) is 0 Å². The molecule has 1 heterocycles. The molecule has 0 aromatic heterocycles. The molecule has 1 aliphatic rings. The van der Waals surface area contributed by atoms with Gasteiger partial charge in [-0.1, -0.05) is 12.1 Å². The molecule has 1 aliphatic heterocycles. The second-order valence-electron chi connectivity index (χ2n) is 8.66. The van der Waals surface area contributed by atoms with Crippen molar-refractivity contribution in [2.75, 3.05) is 11.9 Å².